The highest BCUT2D eigenvalue weighted by molar-refractivity contribution is 7.47. The monoisotopic (exact) mass is 921 g/mol. The number of unbranched alkanes of at least 4 members (excludes halogenated alkanes) is 17. The Morgan fingerprint density at radius 2 is 1.00 bits per heavy atom. The van der Waals surface area contributed by atoms with Crippen LogP contribution < -0.4 is 0 Å². The van der Waals surface area contributed by atoms with Crippen LogP contribution in [-0.2, 0) is 46.5 Å². The van der Waals surface area contributed by atoms with Crippen LogP contribution in [0.5, 0.6) is 0 Å². The van der Waals surface area contributed by atoms with E-state index in [1.807, 2.05) is 12.2 Å². The van der Waals surface area contributed by atoms with Gasteiger partial charge in [0.2, 0.25) is 0 Å². The van der Waals surface area contributed by atoms with Gasteiger partial charge < -0.3 is 34.0 Å². The summed E-state index contributed by atoms with van der Waals surface area (Å²) in [7, 11) is -9.70. The summed E-state index contributed by atoms with van der Waals surface area (Å²) in [5, 5.41) is 9.76. The van der Waals surface area contributed by atoms with Crippen LogP contribution in [0.25, 0.3) is 0 Å². The van der Waals surface area contributed by atoms with Crippen molar-refractivity contribution in [3.05, 3.63) is 48.6 Å². The van der Waals surface area contributed by atoms with Crippen LogP contribution >= 0.6 is 15.6 Å². The molecule has 1 aliphatic rings. The van der Waals surface area contributed by atoms with Gasteiger partial charge in [0.15, 0.2) is 6.10 Å². The van der Waals surface area contributed by atoms with Crippen LogP contribution in [0.2, 0.25) is 0 Å². The number of aliphatic hydroxyl groups is 1. The molecule has 0 spiro atoms. The number of esters is 2. The lowest BCUT2D eigenvalue weighted by molar-refractivity contribution is -0.161. The third-order valence-corrected chi connectivity index (χ3v) is 11.5. The second-order valence-electron chi connectivity index (χ2n) is 16.1. The molecule has 0 aromatic rings. The molecule has 4 N–H and O–H groups in total. The molecule has 14 nitrogen and oxygen atoms in total. The van der Waals surface area contributed by atoms with Gasteiger partial charge in [0.05, 0.1) is 32.0 Å². The van der Waals surface area contributed by atoms with E-state index in [2.05, 4.69) is 59.4 Å². The molecule has 0 radical (unpaired) electrons. The lowest BCUT2D eigenvalue weighted by Crippen LogP contribution is -2.29. The fourth-order valence-electron chi connectivity index (χ4n) is 6.38. The Hall–Kier alpha value is -1.96. The predicted octanol–water partition coefficient (Wildman–Crippen LogP) is 11.2. The highest BCUT2D eigenvalue weighted by Crippen LogP contribution is 2.44. The van der Waals surface area contributed by atoms with E-state index in [1.165, 1.54) is 77.0 Å². The van der Waals surface area contributed by atoms with E-state index < -0.39 is 66.2 Å². The van der Waals surface area contributed by atoms with E-state index in [1.54, 1.807) is 0 Å². The molecule has 0 aliphatic carbocycles. The van der Waals surface area contributed by atoms with Gasteiger partial charge in [-0.25, -0.2) is 9.13 Å². The number of epoxide rings is 1. The molecule has 3 unspecified atom stereocenters. The van der Waals surface area contributed by atoms with Crippen molar-refractivity contribution in [1.82, 2.24) is 0 Å². The number of rotatable bonds is 43. The number of hydrogen-bond donors (Lipinski definition) is 4. The van der Waals surface area contributed by atoms with Gasteiger partial charge in [-0.3, -0.25) is 23.2 Å². The summed E-state index contributed by atoms with van der Waals surface area (Å²) in [5.41, 5.74) is 0. The molecule has 62 heavy (non-hydrogen) atoms. The van der Waals surface area contributed by atoms with Crippen molar-refractivity contribution in [2.45, 2.75) is 205 Å². The minimum absolute atomic E-state index is 0.0487. The number of carbonyl (C=O) groups is 2. The van der Waals surface area contributed by atoms with Gasteiger partial charge >= 0.3 is 27.6 Å². The number of phosphoric acid groups is 2. The lowest BCUT2D eigenvalue weighted by atomic mass is 10.1. The first-order chi connectivity index (χ1) is 29.8. The molecule has 16 heteroatoms. The Bertz CT molecular complexity index is 1350. The van der Waals surface area contributed by atoms with Crippen molar-refractivity contribution in [1.29, 1.82) is 0 Å². The van der Waals surface area contributed by atoms with Gasteiger partial charge in [0, 0.05) is 12.8 Å². The van der Waals surface area contributed by atoms with Gasteiger partial charge in [-0.2, -0.15) is 0 Å². The lowest BCUT2D eigenvalue weighted by Gasteiger charge is -2.20. The van der Waals surface area contributed by atoms with Gasteiger partial charge in [-0.15, -0.1) is 0 Å². The first kappa shape index (κ1) is 58.1. The molecule has 0 saturated carbocycles. The molecule has 1 fully saturated rings. The van der Waals surface area contributed by atoms with Crippen molar-refractivity contribution in [3.63, 3.8) is 0 Å². The summed E-state index contributed by atoms with van der Waals surface area (Å²) in [6, 6.07) is 0. The van der Waals surface area contributed by atoms with E-state index in [-0.39, 0.29) is 12.8 Å². The number of hydrogen-bond acceptors (Lipinski definition) is 11. The molecule has 1 heterocycles. The average Bonchev–Trinajstić information content (AvgIpc) is 3.99. The molecule has 0 amide bonds. The third-order valence-electron chi connectivity index (χ3n) is 10.1. The molecule has 0 bridgehead atoms. The zero-order valence-corrected chi connectivity index (χ0v) is 39.7. The molecule has 1 rings (SSSR count). The Kier molecular flexibility index (Phi) is 35.9. The summed E-state index contributed by atoms with van der Waals surface area (Å²) in [4.78, 5) is 52.8. The highest BCUT2D eigenvalue weighted by Gasteiger charge is 2.36. The smallest absolute Gasteiger partial charge is 0.462 e. The summed E-state index contributed by atoms with van der Waals surface area (Å²) >= 11 is 0. The minimum Gasteiger partial charge on any atom is -0.462 e. The Balaban J connectivity index is 2.37. The highest BCUT2D eigenvalue weighted by atomic mass is 31.2. The maximum atomic E-state index is 12.7. The van der Waals surface area contributed by atoms with E-state index in [0.29, 0.717) is 31.5 Å². The van der Waals surface area contributed by atoms with Crippen LogP contribution in [0.4, 0.5) is 0 Å². The van der Waals surface area contributed by atoms with Crippen LogP contribution in [0.15, 0.2) is 48.6 Å². The quantitative estimate of drug-likeness (QED) is 0.0148. The van der Waals surface area contributed by atoms with Crippen molar-refractivity contribution in [2.24, 2.45) is 0 Å². The van der Waals surface area contributed by atoms with Crippen LogP contribution in [-0.4, -0.2) is 82.6 Å². The SMILES string of the molecule is CCCCC/C=C\CC1OC1C/C=C\C/C=C\CCCC(=O)O[C@H](COC(=O)CCCCCCCCC/C=C\CCCCCCCC)COP(=O)(O)OC[C@@H](O)COP(=O)(O)O. The fraction of sp³-hybridized carbons (Fsp3) is 0.783. The second-order valence-corrected chi connectivity index (χ2v) is 18.8. The first-order valence-electron chi connectivity index (χ1n) is 23.5. The Morgan fingerprint density at radius 3 is 1.63 bits per heavy atom. The zero-order valence-electron chi connectivity index (χ0n) is 37.9. The second kappa shape index (κ2) is 38.3. The number of phosphoric ester groups is 2. The standard InChI is InChI=1S/C46H82O14P2/c1-3-5-7-9-11-12-13-14-15-16-17-18-19-20-23-27-31-35-45(48)55-39-42(40-58-62(53,54)57-38-41(47)37-56-61(50,51)52)59-46(49)36-32-28-24-21-22-26-30-34-44-43(60-44)33-29-25-10-8-6-4-2/h14-15,21,24-26,29-30,41-44,47H,3-13,16-20,22-23,27-28,31-40H2,1-2H3,(H,53,54)(H2,50,51,52)/b15-14-,24-21-,29-25-,30-26-/t41-,42+,43?,44?/m0/s1. The maximum Gasteiger partial charge on any atom is 0.472 e. The number of aliphatic hydroxyl groups excluding tert-OH is 1. The largest absolute Gasteiger partial charge is 0.472 e. The summed E-state index contributed by atoms with van der Waals surface area (Å²) < 4.78 is 53.6. The van der Waals surface area contributed by atoms with E-state index in [4.69, 9.17) is 28.5 Å². The van der Waals surface area contributed by atoms with Crippen molar-refractivity contribution in [3.8, 4) is 0 Å². The number of allylic oxidation sites excluding steroid dienone is 6. The van der Waals surface area contributed by atoms with Crippen molar-refractivity contribution in [2.75, 3.05) is 26.4 Å². The van der Waals surface area contributed by atoms with Crippen molar-refractivity contribution < 1.29 is 66.3 Å². The van der Waals surface area contributed by atoms with Crippen LogP contribution in [0.1, 0.15) is 181 Å². The van der Waals surface area contributed by atoms with Gasteiger partial charge in [-0.05, 0) is 77.0 Å². The van der Waals surface area contributed by atoms with Gasteiger partial charge in [0.1, 0.15) is 12.7 Å². The third kappa shape index (κ3) is 38.5. The first-order valence-corrected chi connectivity index (χ1v) is 26.5. The predicted molar refractivity (Wildman–Crippen MR) is 243 cm³/mol. The molecule has 0 aromatic heterocycles. The summed E-state index contributed by atoms with van der Waals surface area (Å²) in [6.45, 7) is 1.66. The topological polar surface area (TPSA) is 208 Å². The summed E-state index contributed by atoms with van der Waals surface area (Å²) in [5.74, 6) is -1.11. The molecular formula is C46H82O14P2. The van der Waals surface area contributed by atoms with E-state index in [0.717, 1.165) is 57.8 Å². The number of ether oxygens (including phenoxy) is 3. The van der Waals surface area contributed by atoms with Gasteiger partial charge in [0.25, 0.3) is 0 Å². The van der Waals surface area contributed by atoms with Crippen LogP contribution in [0, 0.1) is 0 Å². The van der Waals surface area contributed by atoms with E-state index in [9.17, 15) is 28.7 Å². The minimum atomic E-state index is -4.87. The van der Waals surface area contributed by atoms with Gasteiger partial charge in [-0.1, -0.05) is 140 Å². The fourth-order valence-corrected chi connectivity index (χ4v) is 7.53. The van der Waals surface area contributed by atoms with Crippen molar-refractivity contribution >= 4 is 27.6 Å². The number of carbonyl (C=O) groups excluding carboxylic acids is 2. The van der Waals surface area contributed by atoms with E-state index >= 15 is 0 Å². The zero-order chi connectivity index (χ0) is 45.6. The Labute approximate surface area is 373 Å². The Morgan fingerprint density at radius 1 is 0.548 bits per heavy atom. The maximum absolute atomic E-state index is 12.7. The molecule has 5 atom stereocenters. The van der Waals surface area contributed by atoms with Crippen LogP contribution in [0.3, 0.4) is 0 Å². The molecule has 360 valence electrons. The summed E-state index contributed by atoms with van der Waals surface area (Å²) in [6.07, 6.45) is 41.3. The molecule has 0 aromatic carbocycles. The molecular weight excluding hydrogens is 838 g/mol. The normalized spacial score (nSPS) is 17.6. The molecule has 1 saturated heterocycles. The molecule has 1 aliphatic heterocycles. The average molecular weight is 921 g/mol.